The van der Waals surface area contributed by atoms with Gasteiger partial charge < -0.3 is 4.57 Å². The molecule has 0 bridgehead atoms. The lowest BCUT2D eigenvalue weighted by atomic mass is 10.2. The van der Waals surface area contributed by atoms with E-state index in [1.54, 1.807) is 4.68 Å². The summed E-state index contributed by atoms with van der Waals surface area (Å²) in [6.45, 7) is 5.73. The van der Waals surface area contributed by atoms with Gasteiger partial charge in [-0.1, -0.05) is 11.6 Å². The Balaban J connectivity index is 1.78. The predicted octanol–water partition coefficient (Wildman–Crippen LogP) is 1.59. The van der Waals surface area contributed by atoms with Crippen molar-refractivity contribution in [2.75, 3.05) is 6.54 Å². The lowest BCUT2D eigenvalue weighted by molar-refractivity contribution is 0.208. The molecule has 0 fully saturated rings. The molecule has 2 aromatic heterocycles. The molecule has 18 heavy (non-hydrogen) atoms. The maximum absolute atomic E-state index is 6.27. The van der Waals surface area contributed by atoms with E-state index in [9.17, 15) is 0 Å². The molecule has 0 aliphatic carbocycles. The zero-order valence-electron chi connectivity index (χ0n) is 10.6. The number of aryl methyl sites for hydroxylation is 2. The smallest absolute Gasteiger partial charge is 0.131 e. The molecule has 0 spiro atoms. The van der Waals surface area contributed by atoms with Crippen molar-refractivity contribution in [1.29, 1.82) is 0 Å². The standard InChI is InChI=1S/C12H16ClN5/c1-9-10(12(13)16(2)15-9)7-17-5-6-18-4-3-14-11(18)8-17/h3-4H,5-8H2,1-2H3. The topological polar surface area (TPSA) is 38.9 Å². The van der Waals surface area contributed by atoms with Gasteiger partial charge in [0.15, 0.2) is 0 Å². The van der Waals surface area contributed by atoms with Crippen molar-refractivity contribution < 1.29 is 0 Å². The van der Waals surface area contributed by atoms with Crippen LogP contribution in [0.3, 0.4) is 0 Å². The van der Waals surface area contributed by atoms with Crippen molar-refractivity contribution in [3.8, 4) is 0 Å². The Morgan fingerprint density at radius 1 is 1.39 bits per heavy atom. The van der Waals surface area contributed by atoms with E-state index in [1.807, 2.05) is 26.4 Å². The number of hydrogen-bond acceptors (Lipinski definition) is 3. The van der Waals surface area contributed by atoms with Gasteiger partial charge >= 0.3 is 0 Å². The Morgan fingerprint density at radius 2 is 2.22 bits per heavy atom. The lowest BCUT2D eigenvalue weighted by Crippen LogP contribution is -2.33. The zero-order valence-corrected chi connectivity index (χ0v) is 11.4. The fraction of sp³-hybridized carbons (Fsp3) is 0.500. The molecule has 0 atom stereocenters. The van der Waals surface area contributed by atoms with E-state index in [4.69, 9.17) is 11.6 Å². The van der Waals surface area contributed by atoms with Gasteiger partial charge in [0.1, 0.15) is 11.0 Å². The van der Waals surface area contributed by atoms with Crippen LogP contribution in [0, 0.1) is 6.92 Å². The van der Waals surface area contributed by atoms with E-state index in [2.05, 4.69) is 19.5 Å². The second-order valence-electron chi connectivity index (χ2n) is 4.73. The second-order valence-corrected chi connectivity index (χ2v) is 5.08. The number of rotatable bonds is 2. The zero-order chi connectivity index (χ0) is 12.7. The van der Waals surface area contributed by atoms with Crippen LogP contribution in [-0.4, -0.2) is 30.8 Å². The van der Waals surface area contributed by atoms with Crippen LogP contribution in [0.15, 0.2) is 12.4 Å². The summed E-state index contributed by atoms with van der Waals surface area (Å²) in [6, 6.07) is 0. The van der Waals surface area contributed by atoms with Crippen LogP contribution in [0.4, 0.5) is 0 Å². The number of nitrogens with zero attached hydrogens (tertiary/aromatic N) is 5. The van der Waals surface area contributed by atoms with Crippen molar-refractivity contribution in [3.63, 3.8) is 0 Å². The van der Waals surface area contributed by atoms with Crippen molar-refractivity contribution >= 4 is 11.6 Å². The quantitative estimate of drug-likeness (QED) is 0.828. The maximum Gasteiger partial charge on any atom is 0.131 e. The number of halogens is 1. The normalized spacial score (nSPS) is 15.9. The summed E-state index contributed by atoms with van der Waals surface area (Å²) in [7, 11) is 1.88. The first-order chi connectivity index (χ1) is 8.65. The fourth-order valence-corrected chi connectivity index (χ4v) is 2.67. The molecular formula is C12H16ClN5. The Bertz CT molecular complexity index is 571. The largest absolute Gasteiger partial charge is 0.333 e. The molecule has 0 unspecified atom stereocenters. The summed E-state index contributed by atoms with van der Waals surface area (Å²) in [4.78, 5) is 6.73. The van der Waals surface area contributed by atoms with Crippen molar-refractivity contribution in [2.24, 2.45) is 7.05 Å². The number of hydrogen-bond donors (Lipinski definition) is 0. The molecule has 0 saturated carbocycles. The monoisotopic (exact) mass is 265 g/mol. The first-order valence-corrected chi connectivity index (χ1v) is 6.43. The third-order valence-corrected chi connectivity index (χ3v) is 3.95. The minimum absolute atomic E-state index is 0.737. The predicted molar refractivity (Wildman–Crippen MR) is 69.3 cm³/mol. The Morgan fingerprint density at radius 3 is 2.94 bits per heavy atom. The van der Waals surface area contributed by atoms with Gasteiger partial charge in [-0.15, -0.1) is 0 Å². The Labute approximate surface area is 111 Å². The van der Waals surface area contributed by atoms with Gasteiger partial charge in [-0.3, -0.25) is 9.58 Å². The van der Waals surface area contributed by atoms with Crippen LogP contribution in [0.2, 0.25) is 5.15 Å². The number of aromatic nitrogens is 4. The van der Waals surface area contributed by atoms with Crippen LogP contribution in [0.5, 0.6) is 0 Å². The van der Waals surface area contributed by atoms with Gasteiger partial charge in [-0.25, -0.2) is 4.98 Å². The SMILES string of the molecule is Cc1nn(C)c(Cl)c1CN1CCn2ccnc2C1. The molecule has 96 valence electrons. The average Bonchev–Trinajstić information content (AvgIpc) is 2.89. The molecular weight excluding hydrogens is 250 g/mol. The van der Waals surface area contributed by atoms with Gasteiger partial charge in [0.05, 0.1) is 12.2 Å². The molecule has 6 heteroatoms. The maximum atomic E-state index is 6.27. The Hall–Kier alpha value is -1.33. The molecule has 0 aromatic carbocycles. The highest BCUT2D eigenvalue weighted by molar-refractivity contribution is 6.30. The summed E-state index contributed by atoms with van der Waals surface area (Å²) in [5, 5.41) is 5.09. The highest BCUT2D eigenvalue weighted by atomic mass is 35.5. The van der Waals surface area contributed by atoms with Crippen molar-refractivity contribution in [2.45, 2.75) is 26.6 Å². The van der Waals surface area contributed by atoms with Gasteiger partial charge in [-0.2, -0.15) is 5.10 Å². The van der Waals surface area contributed by atoms with Gasteiger partial charge in [-0.05, 0) is 6.92 Å². The van der Waals surface area contributed by atoms with E-state index < -0.39 is 0 Å². The van der Waals surface area contributed by atoms with E-state index >= 15 is 0 Å². The lowest BCUT2D eigenvalue weighted by Gasteiger charge is -2.27. The van der Waals surface area contributed by atoms with Crippen LogP contribution in [0.25, 0.3) is 0 Å². The summed E-state index contributed by atoms with van der Waals surface area (Å²) in [5.74, 6) is 1.12. The first kappa shape index (κ1) is 11.7. The third-order valence-electron chi connectivity index (χ3n) is 3.48. The molecule has 0 radical (unpaired) electrons. The van der Waals surface area contributed by atoms with E-state index in [1.165, 1.54) is 0 Å². The van der Waals surface area contributed by atoms with Crippen LogP contribution < -0.4 is 0 Å². The van der Waals surface area contributed by atoms with Crippen LogP contribution >= 0.6 is 11.6 Å². The fourth-order valence-electron chi connectivity index (χ4n) is 2.44. The summed E-state index contributed by atoms with van der Waals surface area (Å²) < 4.78 is 3.94. The average molecular weight is 266 g/mol. The molecule has 3 rings (SSSR count). The van der Waals surface area contributed by atoms with Crippen molar-refractivity contribution in [3.05, 3.63) is 34.6 Å². The summed E-state index contributed by atoms with van der Waals surface area (Å²) in [5.41, 5.74) is 2.13. The molecule has 3 heterocycles. The first-order valence-electron chi connectivity index (χ1n) is 6.05. The summed E-state index contributed by atoms with van der Waals surface area (Å²) >= 11 is 6.27. The Kier molecular flexibility index (Phi) is 2.87. The molecule has 2 aromatic rings. The number of fused-ring (bicyclic) bond motifs is 1. The molecule has 1 aliphatic heterocycles. The van der Waals surface area contributed by atoms with E-state index in [0.29, 0.717) is 0 Å². The molecule has 5 nitrogen and oxygen atoms in total. The third kappa shape index (κ3) is 1.93. The second kappa shape index (κ2) is 4.40. The minimum atomic E-state index is 0.737. The molecule has 1 aliphatic rings. The van der Waals surface area contributed by atoms with Crippen molar-refractivity contribution in [1.82, 2.24) is 24.2 Å². The van der Waals surface area contributed by atoms with Crippen LogP contribution in [0.1, 0.15) is 17.1 Å². The van der Waals surface area contributed by atoms with Gasteiger partial charge in [0.25, 0.3) is 0 Å². The molecule has 0 N–H and O–H groups in total. The van der Waals surface area contributed by atoms with Gasteiger partial charge in [0.2, 0.25) is 0 Å². The highest BCUT2D eigenvalue weighted by Crippen LogP contribution is 2.22. The van der Waals surface area contributed by atoms with E-state index in [-0.39, 0.29) is 0 Å². The number of imidazole rings is 1. The molecule has 0 saturated heterocycles. The minimum Gasteiger partial charge on any atom is -0.333 e. The summed E-state index contributed by atoms with van der Waals surface area (Å²) in [6.07, 6.45) is 3.90. The van der Waals surface area contributed by atoms with Gasteiger partial charge in [0, 0.05) is 44.6 Å². The van der Waals surface area contributed by atoms with Crippen LogP contribution in [-0.2, 0) is 26.7 Å². The molecule has 0 amide bonds. The van der Waals surface area contributed by atoms with E-state index in [0.717, 1.165) is 48.4 Å². The highest BCUT2D eigenvalue weighted by Gasteiger charge is 2.20.